The van der Waals surface area contributed by atoms with Crippen molar-refractivity contribution in [2.45, 2.75) is 6.04 Å². The molecule has 0 bridgehead atoms. The number of methoxy groups -OCH3 is 1. The number of carbonyl (C=O) groups excluding carboxylic acids is 1. The molecule has 0 saturated carbocycles. The van der Waals surface area contributed by atoms with Crippen LogP contribution in [-0.4, -0.2) is 23.3 Å². The van der Waals surface area contributed by atoms with Crippen LogP contribution in [0, 0.1) is 0 Å². The first-order valence-electron chi connectivity index (χ1n) is 9.24. The third-order valence-electron chi connectivity index (χ3n) is 4.54. The van der Waals surface area contributed by atoms with Gasteiger partial charge >= 0.3 is 5.97 Å². The molecule has 1 aromatic heterocycles. The van der Waals surface area contributed by atoms with Gasteiger partial charge in [0.2, 0.25) is 11.8 Å². The van der Waals surface area contributed by atoms with Gasteiger partial charge in [0, 0.05) is 5.69 Å². The van der Waals surface area contributed by atoms with Crippen molar-refractivity contribution in [1.29, 1.82) is 0 Å². The molecule has 150 valence electrons. The highest BCUT2D eigenvalue weighted by Gasteiger charge is 2.22. The van der Waals surface area contributed by atoms with E-state index in [9.17, 15) is 4.79 Å². The quantitative estimate of drug-likeness (QED) is 0.423. The molecule has 1 heterocycles. The Bertz CT molecular complexity index is 1140. The number of benzene rings is 3. The van der Waals surface area contributed by atoms with Crippen LogP contribution in [0.15, 0.2) is 83.3 Å². The van der Waals surface area contributed by atoms with Gasteiger partial charge in [0.05, 0.1) is 23.3 Å². The molecule has 0 amide bonds. The van der Waals surface area contributed by atoms with Crippen LogP contribution in [0.25, 0.3) is 11.5 Å². The molecular weight excluding hydrogens is 402 g/mol. The summed E-state index contributed by atoms with van der Waals surface area (Å²) in [5, 5.41) is 12.4. The van der Waals surface area contributed by atoms with E-state index in [1.165, 1.54) is 7.11 Å². The van der Waals surface area contributed by atoms with Gasteiger partial charge in [-0.2, -0.15) is 0 Å². The van der Waals surface area contributed by atoms with E-state index in [-0.39, 0.29) is 12.0 Å². The number of ether oxygens (including phenoxy) is 1. The largest absolute Gasteiger partial charge is 0.465 e. The number of aromatic nitrogens is 2. The first-order valence-corrected chi connectivity index (χ1v) is 9.61. The fraction of sp³-hybridized carbons (Fsp3) is 0.0870. The smallest absolute Gasteiger partial charge is 0.337 e. The van der Waals surface area contributed by atoms with Crippen LogP contribution in [0.4, 0.5) is 5.69 Å². The maximum Gasteiger partial charge on any atom is 0.337 e. The highest BCUT2D eigenvalue weighted by atomic mass is 35.5. The van der Waals surface area contributed by atoms with Crippen LogP contribution in [0.3, 0.4) is 0 Å². The molecule has 0 fully saturated rings. The monoisotopic (exact) mass is 419 g/mol. The zero-order chi connectivity index (χ0) is 20.9. The van der Waals surface area contributed by atoms with Crippen molar-refractivity contribution >= 4 is 23.3 Å². The molecule has 0 saturated heterocycles. The number of halogens is 1. The van der Waals surface area contributed by atoms with Crippen LogP contribution in [0.2, 0.25) is 5.02 Å². The number of anilines is 1. The summed E-state index contributed by atoms with van der Waals surface area (Å²) in [4.78, 5) is 11.7. The molecule has 4 rings (SSSR count). The highest BCUT2D eigenvalue weighted by molar-refractivity contribution is 6.33. The van der Waals surface area contributed by atoms with Gasteiger partial charge in [-0.25, -0.2) is 4.79 Å². The van der Waals surface area contributed by atoms with E-state index < -0.39 is 0 Å². The highest BCUT2D eigenvalue weighted by Crippen LogP contribution is 2.31. The molecule has 0 aliphatic rings. The molecule has 30 heavy (non-hydrogen) atoms. The number of hydrogen-bond acceptors (Lipinski definition) is 6. The van der Waals surface area contributed by atoms with E-state index in [4.69, 9.17) is 20.8 Å². The molecule has 0 spiro atoms. The van der Waals surface area contributed by atoms with Crippen molar-refractivity contribution in [3.8, 4) is 11.5 Å². The summed E-state index contributed by atoms with van der Waals surface area (Å²) in [6, 6.07) is 23.7. The SMILES string of the molecule is COC(=O)c1ccc(N[C@@H](c2ccccc2)c2nnc(-c3ccccc3Cl)o2)cc1. The second kappa shape index (κ2) is 8.80. The van der Waals surface area contributed by atoms with Gasteiger partial charge in [0.15, 0.2) is 0 Å². The average molecular weight is 420 g/mol. The lowest BCUT2D eigenvalue weighted by atomic mass is 10.1. The van der Waals surface area contributed by atoms with Gasteiger partial charge in [-0.3, -0.25) is 0 Å². The average Bonchev–Trinajstić information content (AvgIpc) is 3.28. The van der Waals surface area contributed by atoms with Crippen LogP contribution in [0.1, 0.15) is 27.9 Å². The Morgan fingerprint density at radius 1 is 0.967 bits per heavy atom. The predicted octanol–water partition coefficient (Wildman–Crippen LogP) is 5.38. The fourth-order valence-electron chi connectivity index (χ4n) is 3.01. The normalized spacial score (nSPS) is 11.7. The molecule has 0 radical (unpaired) electrons. The maximum absolute atomic E-state index is 11.7. The van der Waals surface area contributed by atoms with Crippen LogP contribution in [0.5, 0.6) is 0 Å². The lowest BCUT2D eigenvalue weighted by Crippen LogP contribution is -2.13. The summed E-state index contributed by atoms with van der Waals surface area (Å²) < 4.78 is 10.7. The number of carbonyl (C=O) groups is 1. The molecule has 0 unspecified atom stereocenters. The summed E-state index contributed by atoms with van der Waals surface area (Å²) >= 11 is 6.27. The molecular formula is C23H18ClN3O3. The summed E-state index contributed by atoms with van der Waals surface area (Å²) in [6.45, 7) is 0. The Morgan fingerprint density at radius 3 is 2.37 bits per heavy atom. The third kappa shape index (κ3) is 4.18. The minimum atomic E-state index is -0.390. The van der Waals surface area contributed by atoms with E-state index in [1.807, 2.05) is 48.5 Å². The van der Waals surface area contributed by atoms with Crippen LogP contribution >= 0.6 is 11.6 Å². The standard InChI is InChI=1S/C23H18ClN3O3/c1-29-23(28)16-11-13-17(14-12-16)25-20(15-7-3-2-4-8-15)22-27-26-21(30-22)18-9-5-6-10-19(18)24/h2-14,20,25H,1H3/t20-/m0/s1. The van der Waals surface area contributed by atoms with Gasteiger partial charge in [-0.05, 0) is 42.0 Å². The van der Waals surface area contributed by atoms with Crippen molar-refractivity contribution in [3.05, 3.63) is 101 Å². The van der Waals surface area contributed by atoms with E-state index in [0.29, 0.717) is 27.9 Å². The van der Waals surface area contributed by atoms with Crippen molar-refractivity contribution < 1.29 is 13.9 Å². The zero-order valence-electron chi connectivity index (χ0n) is 16.1. The topological polar surface area (TPSA) is 77.2 Å². The fourth-order valence-corrected chi connectivity index (χ4v) is 3.23. The number of hydrogen-bond donors (Lipinski definition) is 1. The Morgan fingerprint density at radius 2 is 1.67 bits per heavy atom. The summed E-state index contributed by atoms with van der Waals surface area (Å²) in [5.41, 5.74) is 2.88. The Kier molecular flexibility index (Phi) is 5.77. The lowest BCUT2D eigenvalue weighted by molar-refractivity contribution is 0.0601. The first kappa shape index (κ1) is 19.7. The van der Waals surface area contributed by atoms with E-state index >= 15 is 0 Å². The molecule has 3 aromatic carbocycles. The number of nitrogens with one attached hydrogen (secondary N) is 1. The number of rotatable bonds is 6. The summed E-state index contributed by atoms with van der Waals surface area (Å²) in [6.07, 6.45) is 0. The molecule has 1 N–H and O–H groups in total. The Labute approximate surface area is 178 Å². The second-order valence-electron chi connectivity index (χ2n) is 6.48. The van der Waals surface area contributed by atoms with Gasteiger partial charge in [-0.15, -0.1) is 10.2 Å². The van der Waals surface area contributed by atoms with Crippen molar-refractivity contribution in [3.63, 3.8) is 0 Å². The third-order valence-corrected chi connectivity index (χ3v) is 4.87. The summed E-state index contributed by atoms with van der Waals surface area (Å²) in [5.74, 6) is 0.356. The van der Waals surface area contributed by atoms with Crippen molar-refractivity contribution in [2.75, 3.05) is 12.4 Å². The second-order valence-corrected chi connectivity index (χ2v) is 6.89. The van der Waals surface area contributed by atoms with Crippen LogP contribution in [-0.2, 0) is 4.74 Å². The van der Waals surface area contributed by atoms with Crippen molar-refractivity contribution in [1.82, 2.24) is 10.2 Å². The maximum atomic E-state index is 11.7. The minimum absolute atomic E-state index is 0.347. The predicted molar refractivity (Wildman–Crippen MR) is 114 cm³/mol. The van der Waals surface area contributed by atoms with Crippen LogP contribution < -0.4 is 5.32 Å². The van der Waals surface area contributed by atoms with Gasteiger partial charge < -0.3 is 14.5 Å². The number of esters is 1. The number of nitrogens with zero attached hydrogens (tertiary/aromatic N) is 2. The Balaban J connectivity index is 1.66. The van der Waals surface area contributed by atoms with Crippen molar-refractivity contribution in [2.24, 2.45) is 0 Å². The molecule has 4 aromatic rings. The Hall–Kier alpha value is -3.64. The van der Waals surface area contributed by atoms with Gasteiger partial charge in [0.25, 0.3) is 0 Å². The van der Waals surface area contributed by atoms with E-state index in [2.05, 4.69) is 15.5 Å². The zero-order valence-corrected chi connectivity index (χ0v) is 16.8. The molecule has 1 atom stereocenters. The lowest BCUT2D eigenvalue weighted by Gasteiger charge is -2.17. The first-order chi connectivity index (χ1) is 14.7. The molecule has 7 heteroatoms. The summed E-state index contributed by atoms with van der Waals surface area (Å²) in [7, 11) is 1.35. The van der Waals surface area contributed by atoms with E-state index in [0.717, 1.165) is 11.3 Å². The van der Waals surface area contributed by atoms with Gasteiger partial charge in [0.1, 0.15) is 6.04 Å². The van der Waals surface area contributed by atoms with E-state index in [1.54, 1.807) is 30.3 Å². The molecule has 6 nitrogen and oxygen atoms in total. The van der Waals surface area contributed by atoms with Gasteiger partial charge in [-0.1, -0.05) is 54.1 Å². The minimum Gasteiger partial charge on any atom is -0.465 e. The molecule has 0 aliphatic carbocycles. The molecule has 0 aliphatic heterocycles.